The fraction of sp³-hybridized carbons (Fsp3) is 1.00. The van der Waals surface area contributed by atoms with Gasteiger partial charge >= 0.3 is 0 Å². The summed E-state index contributed by atoms with van der Waals surface area (Å²) in [6.07, 6.45) is 8.82. The summed E-state index contributed by atoms with van der Waals surface area (Å²) in [5, 5.41) is 0. The summed E-state index contributed by atoms with van der Waals surface area (Å²) in [6.45, 7) is 8.97. The minimum absolute atomic E-state index is 0.978. The highest BCUT2D eigenvalue weighted by molar-refractivity contribution is 4.76. The minimum atomic E-state index is 0.978. The van der Waals surface area contributed by atoms with E-state index in [1.54, 1.807) is 0 Å². The molecule has 1 saturated heterocycles. The highest BCUT2D eigenvalue weighted by Crippen LogP contribution is 2.30. The number of rotatable bonds is 2. The van der Waals surface area contributed by atoms with Gasteiger partial charge in [-0.2, -0.15) is 0 Å². The van der Waals surface area contributed by atoms with Gasteiger partial charge < -0.3 is 4.90 Å². The van der Waals surface area contributed by atoms with Gasteiger partial charge in [0.25, 0.3) is 0 Å². The lowest BCUT2D eigenvalue weighted by molar-refractivity contribution is 0.140. The van der Waals surface area contributed by atoms with Crippen LogP contribution in [0.15, 0.2) is 0 Å². The minimum Gasteiger partial charge on any atom is -0.303 e. The molecule has 2 aliphatic rings. The van der Waals surface area contributed by atoms with Gasteiger partial charge in [0.05, 0.1) is 0 Å². The van der Waals surface area contributed by atoms with Crippen LogP contribution < -0.4 is 0 Å². The quantitative estimate of drug-likeness (QED) is 0.672. The molecule has 1 heteroatoms. The first-order chi connectivity index (χ1) is 7.24. The summed E-state index contributed by atoms with van der Waals surface area (Å²) >= 11 is 0. The van der Waals surface area contributed by atoms with Crippen molar-refractivity contribution in [2.45, 2.75) is 52.4 Å². The van der Waals surface area contributed by atoms with Crippen molar-refractivity contribution < 1.29 is 0 Å². The van der Waals surface area contributed by atoms with Crippen LogP contribution in [0.2, 0.25) is 0 Å². The van der Waals surface area contributed by atoms with E-state index in [9.17, 15) is 0 Å². The Hall–Kier alpha value is -0.0400. The molecule has 0 radical (unpaired) electrons. The van der Waals surface area contributed by atoms with Crippen molar-refractivity contribution >= 4 is 0 Å². The van der Waals surface area contributed by atoms with Crippen LogP contribution in [0.1, 0.15) is 52.4 Å². The van der Waals surface area contributed by atoms with Gasteiger partial charge in [-0.1, -0.05) is 26.7 Å². The summed E-state index contributed by atoms with van der Waals surface area (Å²) in [4.78, 5) is 2.72. The Bertz CT molecular complexity index is 182. The van der Waals surface area contributed by atoms with Gasteiger partial charge in [0.1, 0.15) is 0 Å². The first kappa shape index (κ1) is 11.4. The molecule has 2 atom stereocenters. The predicted octanol–water partition coefficient (Wildman–Crippen LogP) is 3.54. The van der Waals surface area contributed by atoms with E-state index in [1.807, 2.05) is 0 Å². The topological polar surface area (TPSA) is 3.24 Å². The van der Waals surface area contributed by atoms with Crippen LogP contribution in [0.5, 0.6) is 0 Å². The molecule has 2 rings (SSSR count). The smallest absolute Gasteiger partial charge is 0.000976 e. The molecule has 88 valence electrons. The lowest BCUT2D eigenvalue weighted by atomic mass is 9.82. The summed E-state index contributed by atoms with van der Waals surface area (Å²) in [6, 6.07) is 0. The maximum atomic E-state index is 2.72. The third-order valence-electron chi connectivity index (χ3n) is 4.44. The molecular weight excluding hydrogens is 182 g/mol. The first-order valence-electron chi connectivity index (χ1n) is 6.96. The second kappa shape index (κ2) is 5.34. The molecule has 1 nitrogen and oxygen atoms in total. The van der Waals surface area contributed by atoms with Gasteiger partial charge in [-0.05, 0) is 56.5 Å². The van der Waals surface area contributed by atoms with E-state index in [0.717, 1.165) is 17.8 Å². The average molecular weight is 209 g/mol. The molecular formula is C14H27N. The predicted molar refractivity (Wildman–Crippen MR) is 66.0 cm³/mol. The zero-order valence-electron chi connectivity index (χ0n) is 10.5. The molecule has 0 N–H and O–H groups in total. The Morgan fingerprint density at radius 1 is 0.933 bits per heavy atom. The monoisotopic (exact) mass is 209 g/mol. The largest absolute Gasteiger partial charge is 0.303 e. The molecule has 1 saturated carbocycles. The zero-order chi connectivity index (χ0) is 10.7. The molecule has 2 unspecified atom stereocenters. The molecule has 0 aromatic heterocycles. The van der Waals surface area contributed by atoms with Gasteiger partial charge in [0, 0.05) is 6.54 Å². The normalized spacial score (nSPS) is 35.6. The van der Waals surface area contributed by atoms with Crippen molar-refractivity contribution in [3.63, 3.8) is 0 Å². The van der Waals surface area contributed by atoms with Gasteiger partial charge in [-0.25, -0.2) is 0 Å². The number of nitrogens with zero attached hydrogens (tertiary/aromatic N) is 1. The number of piperidine rings is 1. The summed E-state index contributed by atoms with van der Waals surface area (Å²) < 4.78 is 0. The van der Waals surface area contributed by atoms with E-state index in [-0.39, 0.29) is 0 Å². The van der Waals surface area contributed by atoms with Crippen LogP contribution >= 0.6 is 0 Å². The fourth-order valence-electron chi connectivity index (χ4n) is 3.34. The molecule has 1 aliphatic heterocycles. The molecule has 0 bridgehead atoms. The maximum absolute atomic E-state index is 2.72. The highest BCUT2D eigenvalue weighted by Gasteiger charge is 2.23. The van der Waals surface area contributed by atoms with Crippen LogP contribution in [0.3, 0.4) is 0 Å². The Morgan fingerprint density at radius 2 is 1.67 bits per heavy atom. The van der Waals surface area contributed by atoms with Gasteiger partial charge in [-0.3, -0.25) is 0 Å². The van der Waals surface area contributed by atoms with Crippen molar-refractivity contribution in [3.8, 4) is 0 Å². The van der Waals surface area contributed by atoms with Crippen LogP contribution in [-0.4, -0.2) is 24.5 Å². The van der Waals surface area contributed by atoms with Crippen LogP contribution in [0, 0.1) is 17.8 Å². The van der Waals surface area contributed by atoms with E-state index in [1.165, 1.54) is 58.2 Å². The van der Waals surface area contributed by atoms with E-state index >= 15 is 0 Å². The maximum Gasteiger partial charge on any atom is 0.000976 e. The lowest BCUT2D eigenvalue weighted by Crippen LogP contribution is -2.37. The number of hydrogen-bond donors (Lipinski definition) is 0. The Balaban J connectivity index is 1.71. The molecule has 0 aromatic rings. The lowest BCUT2D eigenvalue weighted by Gasteiger charge is -2.35. The van der Waals surface area contributed by atoms with E-state index in [0.29, 0.717) is 0 Å². The van der Waals surface area contributed by atoms with Crippen LogP contribution in [0.25, 0.3) is 0 Å². The van der Waals surface area contributed by atoms with Crippen molar-refractivity contribution in [3.05, 3.63) is 0 Å². The van der Waals surface area contributed by atoms with E-state index in [4.69, 9.17) is 0 Å². The molecule has 0 aromatic carbocycles. The van der Waals surface area contributed by atoms with Crippen molar-refractivity contribution in [1.29, 1.82) is 0 Å². The van der Waals surface area contributed by atoms with Crippen molar-refractivity contribution in [2.24, 2.45) is 17.8 Å². The fourth-order valence-corrected chi connectivity index (χ4v) is 3.34. The van der Waals surface area contributed by atoms with Gasteiger partial charge in [0.2, 0.25) is 0 Å². The van der Waals surface area contributed by atoms with Gasteiger partial charge in [0.15, 0.2) is 0 Å². The standard InChI is InChI=1S/C14H27N/c1-12-6-8-15(9-7-12)11-14-5-3-4-13(2)10-14/h12-14H,3-11H2,1-2H3. The molecule has 1 heterocycles. The Kier molecular flexibility index (Phi) is 4.07. The zero-order valence-corrected chi connectivity index (χ0v) is 10.5. The third-order valence-corrected chi connectivity index (χ3v) is 4.44. The van der Waals surface area contributed by atoms with Crippen molar-refractivity contribution in [2.75, 3.05) is 19.6 Å². The Morgan fingerprint density at radius 3 is 2.33 bits per heavy atom. The number of likely N-dealkylation sites (tertiary alicyclic amines) is 1. The highest BCUT2D eigenvalue weighted by atomic mass is 15.1. The second-order valence-electron chi connectivity index (χ2n) is 6.12. The molecule has 2 fully saturated rings. The van der Waals surface area contributed by atoms with Crippen molar-refractivity contribution in [1.82, 2.24) is 4.90 Å². The first-order valence-corrected chi connectivity index (χ1v) is 6.96. The molecule has 0 spiro atoms. The second-order valence-corrected chi connectivity index (χ2v) is 6.12. The SMILES string of the molecule is CC1CCN(CC2CCCC(C)C2)CC1. The molecule has 15 heavy (non-hydrogen) atoms. The Labute approximate surface area is 95.2 Å². The van der Waals surface area contributed by atoms with Gasteiger partial charge in [-0.15, -0.1) is 0 Å². The van der Waals surface area contributed by atoms with E-state index in [2.05, 4.69) is 18.7 Å². The average Bonchev–Trinajstić information content (AvgIpc) is 2.22. The van der Waals surface area contributed by atoms with Crippen LogP contribution in [-0.2, 0) is 0 Å². The third kappa shape index (κ3) is 3.48. The molecule has 0 amide bonds. The molecule has 1 aliphatic carbocycles. The van der Waals surface area contributed by atoms with E-state index < -0.39 is 0 Å². The van der Waals surface area contributed by atoms with Crippen LogP contribution in [0.4, 0.5) is 0 Å². The summed E-state index contributed by atoms with van der Waals surface area (Å²) in [5.41, 5.74) is 0. The summed E-state index contributed by atoms with van der Waals surface area (Å²) in [5.74, 6) is 2.99. The summed E-state index contributed by atoms with van der Waals surface area (Å²) in [7, 11) is 0. The number of hydrogen-bond acceptors (Lipinski definition) is 1.